The van der Waals surface area contributed by atoms with Crippen LogP contribution in [0.2, 0.25) is 0 Å². The van der Waals surface area contributed by atoms with Crippen molar-refractivity contribution < 1.29 is 9.18 Å². The maximum Gasteiger partial charge on any atom is 0.229 e. The first-order valence-electron chi connectivity index (χ1n) is 8.86. The molecule has 132 valence electrons. The fourth-order valence-corrected chi connectivity index (χ4v) is 4.72. The van der Waals surface area contributed by atoms with Gasteiger partial charge in [-0.15, -0.1) is 11.3 Å². The van der Waals surface area contributed by atoms with E-state index in [1.54, 1.807) is 23.5 Å². The van der Waals surface area contributed by atoms with E-state index in [1.807, 2.05) is 6.07 Å². The maximum absolute atomic E-state index is 14.0. The normalized spacial score (nSPS) is 18.3. The summed E-state index contributed by atoms with van der Waals surface area (Å²) in [6, 6.07) is 6.70. The Labute approximate surface area is 150 Å². The highest BCUT2D eigenvalue weighted by Crippen LogP contribution is 2.30. The summed E-state index contributed by atoms with van der Waals surface area (Å²) in [7, 11) is 0. The Morgan fingerprint density at radius 1 is 1.28 bits per heavy atom. The van der Waals surface area contributed by atoms with E-state index in [0.29, 0.717) is 31.6 Å². The minimum Gasteiger partial charge on any atom is -0.349 e. The van der Waals surface area contributed by atoms with Gasteiger partial charge in [-0.1, -0.05) is 18.2 Å². The minimum absolute atomic E-state index is 0.0114. The van der Waals surface area contributed by atoms with E-state index in [2.05, 4.69) is 15.6 Å². The van der Waals surface area contributed by atoms with Gasteiger partial charge in [-0.25, -0.2) is 9.37 Å². The molecular weight excluding hydrogens is 337 g/mol. The monoisotopic (exact) mass is 359 g/mol. The van der Waals surface area contributed by atoms with E-state index in [9.17, 15) is 9.18 Å². The van der Waals surface area contributed by atoms with Gasteiger partial charge in [-0.2, -0.15) is 0 Å². The van der Waals surface area contributed by atoms with Crippen molar-refractivity contribution in [2.45, 2.75) is 38.6 Å². The van der Waals surface area contributed by atoms with Crippen molar-refractivity contribution in [1.29, 1.82) is 0 Å². The fraction of sp³-hybridized carbons (Fsp3) is 0.474. The summed E-state index contributed by atoms with van der Waals surface area (Å²) in [5.74, 6) is -0.253. The number of halogens is 1. The molecule has 0 radical (unpaired) electrons. The molecule has 4 nitrogen and oxygen atoms in total. The van der Waals surface area contributed by atoms with E-state index in [-0.39, 0.29) is 11.7 Å². The second kappa shape index (κ2) is 6.84. The standard InChI is InChI=1S/C19H22FN3OS/c20-14-6-2-1-5-13(14)9-19(11-21-12-19)18(24)22-10-17-23-15-7-3-4-8-16(15)25-17/h1-2,5-6,21H,3-4,7-12H2,(H,22,24). The van der Waals surface area contributed by atoms with Crippen LogP contribution < -0.4 is 10.6 Å². The molecule has 0 atom stereocenters. The Balaban J connectivity index is 1.42. The summed E-state index contributed by atoms with van der Waals surface area (Å²) < 4.78 is 14.0. The van der Waals surface area contributed by atoms with Crippen LogP contribution in [0.5, 0.6) is 0 Å². The average Bonchev–Trinajstić information content (AvgIpc) is 3.00. The van der Waals surface area contributed by atoms with E-state index in [0.717, 1.165) is 17.8 Å². The van der Waals surface area contributed by atoms with E-state index >= 15 is 0 Å². The number of carbonyl (C=O) groups is 1. The van der Waals surface area contributed by atoms with Crippen molar-refractivity contribution in [2.24, 2.45) is 5.41 Å². The zero-order valence-corrected chi connectivity index (χ0v) is 14.9. The molecule has 2 aliphatic rings. The number of rotatable bonds is 5. The Morgan fingerprint density at radius 2 is 2.08 bits per heavy atom. The average molecular weight is 359 g/mol. The van der Waals surface area contributed by atoms with Crippen LogP contribution in [0.1, 0.15) is 34.0 Å². The molecule has 0 unspecified atom stereocenters. The van der Waals surface area contributed by atoms with Crippen LogP contribution in [0.4, 0.5) is 4.39 Å². The van der Waals surface area contributed by atoms with Gasteiger partial charge in [-0.3, -0.25) is 4.79 Å². The summed E-state index contributed by atoms with van der Waals surface area (Å²) in [5.41, 5.74) is 1.26. The third kappa shape index (κ3) is 3.33. The van der Waals surface area contributed by atoms with Crippen LogP contribution in [-0.2, 0) is 30.6 Å². The van der Waals surface area contributed by atoms with Crippen LogP contribution in [0.3, 0.4) is 0 Å². The summed E-state index contributed by atoms with van der Waals surface area (Å²) in [6.07, 6.45) is 5.04. The van der Waals surface area contributed by atoms with Crippen molar-refractivity contribution in [2.75, 3.05) is 13.1 Å². The SMILES string of the molecule is O=C(NCc1nc2c(s1)CCCC2)C1(Cc2ccccc2F)CNC1. The first-order valence-corrected chi connectivity index (χ1v) is 9.68. The number of benzene rings is 1. The first kappa shape index (κ1) is 16.7. The van der Waals surface area contributed by atoms with E-state index < -0.39 is 5.41 Å². The number of aryl methyl sites for hydroxylation is 2. The minimum atomic E-state index is -0.556. The number of hydrogen-bond donors (Lipinski definition) is 2. The molecule has 2 N–H and O–H groups in total. The number of aromatic nitrogens is 1. The van der Waals surface area contributed by atoms with Crippen molar-refractivity contribution in [3.05, 3.63) is 51.2 Å². The van der Waals surface area contributed by atoms with Gasteiger partial charge in [0.15, 0.2) is 0 Å². The number of hydrogen-bond acceptors (Lipinski definition) is 4. The van der Waals surface area contributed by atoms with Gasteiger partial charge in [0.2, 0.25) is 5.91 Å². The van der Waals surface area contributed by atoms with Crippen LogP contribution >= 0.6 is 11.3 Å². The summed E-state index contributed by atoms with van der Waals surface area (Å²) >= 11 is 1.72. The molecule has 0 bridgehead atoms. The Morgan fingerprint density at radius 3 is 2.80 bits per heavy atom. The quantitative estimate of drug-likeness (QED) is 0.863. The second-order valence-electron chi connectivity index (χ2n) is 7.02. The molecular formula is C19H22FN3OS. The molecule has 1 aliphatic carbocycles. The van der Waals surface area contributed by atoms with Crippen molar-refractivity contribution >= 4 is 17.2 Å². The number of nitrogens with one attached hydrogen (secondary N) is 2. The van der Waals surface area contributed by atoms with Gasteiger partial charge in [-0.05, 0) is 43.7 Å². The van der Waals surface area contributed by atoms with Gasteiger partial charge < -0.3 is 10.6 Å². The second-order valence-corrected chi connectivity index (χ2v) is 8.19. The summed E-state index contributed by atoms with van der Waals surface area (Å²) in [4.78, 5) is 18.8. The van der Waals surface area contributed by atoms with Gasteiger partial charge in [0.05, 0.1) is 17.7 Å². The number of amides is 1. The van der Waals surface area contributed by atoms with Crippen LogP contribution in [0, 0.1) is 11.2 Å². The van der Waals surface area contributed by atoms with Crippen LogP contribution in [0.25, 0.3) is 0 Å². The van der Waals surface area contributed by atoms with Crippen molar-refractivity contribution in [3.8, 4) is 0 Å². The highest BCUT2D eigenvalue weighted by Gasteiger charge is 2.44. The molecule has 4 rings (SSSR count). The molecule has 25 heavy (non-hydrogen) atoms. The summed E-state index contributed by atoms with van der Waals surface area (Å²) in [6.45, 7) is 1.64. The third-order valence-electron chi connectivity index (χ3n) is 5.19. The van der Waals surface area contributed by atoms with Crippen molar-refractivity contribution in [1.82, 2.24) is 15.6 Å². The molecule has 1 aromatic heterocycles. The number of thiazole rings is 1. The smallest absolute Gasteiger partial charge is 0.229 e. The molecule has 2 heterocycles. The molecule has 6 heteroatoms. The maximum atomic E-state index is 14.0. The topological polar surface area (TPSA) is 54.0 Å². The number of carbonyl (C=O) groups excluding carboxylic acids is 1. The number of fused-ring (bicyclic) bond motifs is 1. The molecule has 1 amide bonds. The molecule has 2 aromatic rings. The van der Waals surface area contributed by atoms with Gasteiger partial charge in [0.25, 0.3) is 0 Å². The van der Waals surface area contributed by atoms with Crippen LogP contribution in [0.15, 0.2) is 24.3 Å². The lowest BCUT2D eigenvalue weighted by molar-refractivity contribution is -0.134. The molecule has 0 spiro atoms. The predicted molar refractivity (Wildman–Crippen MR) is 96.0 cm³/mol. The number of nitrogens with zero attached hydrogens (tertiary/aromatic N) is 1. The Bertz CT molecular complexity index is 761. The Hall–Kier alpha value is -1.79. The summed E-state index contributed by atoms with van der Waals surface area (Å²) in [5, 5.41) is 7.18. The lowest BCUT2D eigenvalue weighted by Gasteiger charge is -2.41. The lowest BCUT2D eigenvalue weighted by atomic mass is 9.75. The predicted octanol–water partition coefficient (Wildman–Crippen LogP) is 2.61. The van der Waals surface area contributed by atoms with Gasteiger partial charge >= 0.3 is 0 Å². The van der Waals surface area contributed by atoms with Crippen LogP contribution in [-0.4, -0.2) is 24.0 Å². The largest absolute Gasteiger partial charge is 0.349 e. The van der Waals surface area contributed by atoms with E-state index in [1.165, 1.54) is 29.5 Å². The van der Waals surface area contributed by atoms with E-state index in [4.69, 9.17) is 0 Å². The van der Waals surface area contributed by atoms with Gasteiger partial charge in [0, 0.05) is 18.0 Å². The molecule has 1 aromatic carbocycles. The zero-order valence-electron chi connectivity index (χ0n) is 14.1. The zero-order chi connectivity index (χ0) is 17.3. The first-order chi connectivity index (χ1) is 12.2. The highest BCUT2D eigenvalue weighted by molar-refractivity contribution is 7.11. The van der Waals surface area contributed by atoms with Crippen molar-refractivity contribution in [3.63, 3.8) is 0 Å². The highest BCUT2D eigenvalue weighted by atomic mass is 32.1. The third-order valence-corrected chi connectivity index (χ3v) is 6.34. The molecule has 0 saturated carbocycles. The molecule has 1 saturated heterocycles. The molecule has 1 fully saturated rings. The molecule has 1 aliphatic heterocycles. The Kier molecular flexibility index (Phi) is 4.56. The fourth-order valence-electron chi connectivity index (χ4n) is 3.62. The lowest BCUT2D eigenvalue weighted by Crippen LogP contribution is -2.62. The van der Waals surface area contributed by atoms with Gasteiger partial charge in [0.1, 0.15) is 10.8 Å².